The number of nitrogens with zero attached hydrogens (tertiary/aromatic N) is 2. The largest absolute Gasteiger partial charge is 0.312 e. The third-order valence-corrected chi connectivity index (χ3v) is 7.23. The second-order valence-electron chi connectivity index (χ2n) is 9.51. The predicted octanol–water partition coefficient (Wildman–Crippen LogP) is 5.54. The van der Waals surface area contributed by atoms with Crippen molar-refractivity contribution >= 4 is 11.7 Å². The lowest BCUT2D eigenvalue weighted by Crippen LogP contribution is -2.38. The van der Waals surface area contributed by atoms with Gasteiger partial charge in [-0.15, -0.1) is 0 Å². The fourth-order valence-corrected chi connectivity index (χ4v) is 5.26. The van der Waals surface area contributed by atoms with E-state index >= 15 is 0 Å². The molecule has 5 rings (SSSR count). The van der Waals surface area contributed by atoms with Crippen LogP contribution in [-0.2, 0) is 10.3 Å². The van der Waals surface area contributed by atoms with Crippen LogP contribution in [-0.4, -0.2) is 36.3 Å². The summed E-state index contributed by atoms with van der Waals surface area (Å²) >= 11 is 0. The SMILES string of the molecule is O=C1NC(CCCN2CCC(c3ccc(F)cc3)CC2)=NC1(c1ccc(F)cc1)c1ccc(F)cc1. The molecule has 0 aliphatic carbocycles. The minimum Gasteiger partial charge on any atom is -0.312 e. The highest BCUT2D eigenvalue weighted by atomic mass is 19.1. The molecule has 36 heavy (non-hydrogen) atoms. The molecule has 2 heterocycles. The summed E-state index contributed by atoms with van der Waals surface area (Å²) in [6, 6.07) is 18.2. The van der Waals surface area contributed by atoms with Gasteiger partial charge in [-0.25, -0.2) is 18.2 Å². The number of likely N-dealkylation sites (tertiary alicyclic amines) is 1. The van der Waals surface area contributed by atoms with Gasteiger partial charge in [0.15, 0.2) is 5.54 Å². The molecule has 0 radical (unpaired) electrons. The molecule has 1 N–H and O–H groups in total. The minimum atomic E-state index is -1.37. The van der Waals surface area contributed by atoms with Crippen molar-refractivity contribution in [1.29, 1.82) is 0 Å². The van der Waals surface area contributed by atoms with Crippen molar-refractivity contribution in [3.63, 3.8) is 0 Å². The van der Waals surface area contributed by atoms with E-state index in [0.717, 1.165) is 38.9 Å². The van der Waals surface area contributed by atoms with Crippen molar-refractivity contribution in [1.82, 2.24) is 10.2 Å². The fourth-order valence-electron chi connectivity index (χ4n) is 5.26. The van der Waals surface area contributed by atoms with E-state index < -0.39 is 17.2 Å². The number of rotatable bonds is 7. The molecule has 3 aromatic rings. The number of carbonyl (C=O) groups excluding carboxylic acids is 1. The molecule has 4 nitrogen and oxygen atoms in total. The number of amides is 1. The summed E-state index contributed by atoms with van der Waals surface area (Å²) in [5.41, 5.74) is 0.887. The Hall–Kier alpha value is -3.45. The number of benzene rings is 3. The number of hydrogen-bond donors (Lipinski definition) is 1. The minimum absolute atomic E-state index is 0.207. The van der Waals surface area contributed by atoms with E-state index in [1.807, 2.05) is 12.1 Å². The van der Waals surface area contributed by atoms with Crippen LogP contribution in [0.3, 0.4) is 0 Å². The van der Waals surface area contributed by atoms with Crippen molar-refractivity contribution in [3.05, 3.63) is 107 Å². The maximum absolute atomic E-state index is 13.6. The van der Waals surface area contributed by atoms with Gasteiger partial charge in [0.1, 0.15) is 23.3 Å². The Morgan fingerprint density at radius 3 is 1.83 bits per heavy atom. The van der Waals surface area contributed by atoms with Crippen molar-refractivity contribution in [2.24, 2.45) is 4.99 Å². The van der Waals surface area contributed by atoms with E-state index in [0.29, 0.717) is 29.3 Å². The Labute approximate surface area is 208 Å². The van der Waals surface area contributed by atoms with Gasteiger partial charge in [-0.1, -0.05) is 36.4 Å². The van der Waals surface area contributed by atoms with Gasteiger partial charge in [-0.2, -0.15) is 0 Å². The van der Waals surface area contributed by atoms with Crippen molar-refractivity contribution in [2.45, 2.75) is 37.1 Å². The van der Waals surface area contributed by atoms with E-state index in [2.05, 4.69) is 10.2 Å². The number of halogens is 3. The first-order chi connectivity index (χ1) is 17.4. The van der Waals surface area contributed by atoms with Crippen LogP contribution in [0, 0.1) is 17.5 Å². The van der Waals surface area contributed by atoms with Gasteiger partial charge in [-0.3, -0.25) is 4.79 Å². The molecular formula is C29H28F3N3O. The van der Waals surface area contributed by atoms with E-state index in [1.165, 1.54) is 42.0 Å². The average Bonchev–Trinajstić information content (AvgIpc) is 3.22. The van der Waals surface area contributed by atoms with Crippen LogP contribution in [0.15, 0.2) is 77.8 Å². The Kier molecular flexibility index (Phi) is 6.92. The Bertz CT molecular complexity index is 1190. The van der Waals surface area contributed by atoms with Crippen molar-refractivity contribution in [3.8, 4) is 0 Å². The molecule has 1 fully saturated rings. The molecule has 2 aliphatic heterocycles. The molecule has 0 atom stereocenters. The Balaban J connectivity index is 1.24. The highest BCUT2D eigenvalue weighted by molar-refractivity contribution is 6.10. The average molecular weight is 492 g/mol. The number of amidine groups is 1. The molecule has 0 spiro atoms. The molecule has 186 valence electrons. The summed E-state index contributed by atoms with van der Waals surface area (Å²) in [5.74, 6) is -0.309. The molecule has 0 saturated carbocycles. The lowest BCUT2D eigenvalue weighted by Gasteiger charge is -2.32. The van der Waals surface area contributed by atoms with Gasteiger partial charge >= 0.3 is 0 Å². The summed E-state index contributed by atoms with van der Waals surface area (Å²) < 4.78 is 40.4. The third-order valence-electron chi connectivity index (χ3n) is 7.23. The molecule has 0 unspecified atom stereocenters. The second-order valence-corrected chi connectivity index (χ2v) is 9.51. The molecule has 1 saturated heterocycles. The highest BCUT2D eigenvalue weighted by Crippen LogP contribution is 2.38. The zero-order valence-corrected chi connectivity index (χ0v) is 19.9. The standard InChI is InChI=1S/C29H28F3N3O/c30-24-9-3-20(4-10-24)21-15-18-35(19-16-21)17-1-2-27-33-28(36)29(34-27,22-5-11-25(31)12-6-22)23-7-13-26(32)14-8-23/h3-14,21H,1-2,15-19H2,(H,33,34,36). The topological polar surface area (TPSA) is 44.7 Å². The molecule has 0 bridgehead atoms. The van der Waals surface area contributed by atoms with Crippen LogP contribution in [0.25, 0.3) is 0 Å². The molecule has 7 heteroatoms. The van der Waals surface area contributed by atoms with Crippen molar-refractivity contribution < 1.29 is 18.0 Å². The summed E-state index contributed by atoms with van der Waals surface area (Å²) in [6.45, 7) is 2.82. The second kappa shape index (κ2) is 10.3. The zero-order valence-electron chi connectivity index (χ0n) is 19.9. The van der Waals surface area contributed by atoms with Crippen LogP contribution < -0.4 is 5.32 Å². The van der Waals surface area contributed by atoms with Crippen LogP contribution >= 0.6 is 0 Å². The van der Waals surface area contributed by atoms with Crippen LogP contribution in [0.2, 0.25) is 0 Å². The van der Waals surface area contributed by atoms with E-state index in [4.69, 9.17) is 4.99 Å². The number of piperidine rings is 1. The maximum atomic E-state index is 13.6. The van der Waals surface area contributed by atoms with Crippen molar-refractivity contribution in [2.75, 3.05) is 19.6 Å². The molecule has 2 aliphatic rings. The highest BCUT2D eigenvalue weighted by Gasteiger charge is 2.46. The maximum Gasteiger partial charge on any atom is 0.262 e. The molecule has 1 amide bonds. The van der Waals surface area contributed by atoms with Gasteiger partial charge in [0.25, 0.3) is 5.91 Å². The first-order valence-corrected chi connectivity index (χ1v) is 12.3. The number of hydrogen-bond acceptors (Lipinski definition) is 3. The summed E-state index contributed by atoms with van der Waals surface area (Å²) in [7, 11) is 0. The van der Waals surface area contributed by atoms with Gasteiger partial charge < -0.3 is 10.2 Å². The smallest absolute Gasteiger partial charge is 0.262 e. The van der Waals surface area contributed by atoms with Crippen LogP contribution in [0.1, 0.15) is 48.3 Å². The summed E-state index contributed by atoms with van der Waals surface area (Å²) in [4.78, 5) is 20.5. The predicted molar refractivity (Wildman–Crippen MR) is 133 cm³/mol. The monoisotopic (exact) mass is 491 g/mol. The number of nitrogens with one attached hydrogen (secondary N) is 1. The third kappa shape index (κ3) is 4.93. The number of aliphatic imine (C=N–C) groups is 1. The van der Waals surface area contributed by atoms with Crippen LogP contribution in [0.4, 0.5) is 13.2 Å². The Morgan fingerprint density at radius 2 is 1.31 bits per heavy atom. The van der Waals surface area contributed by atoms with Gasteiger partial charge in [0, 0.05) is 6.42 Å². The first kappa shape index (κ1) is 24.3. The van der Waals surface area contributed by atoms with Crippen LogP contribution in [0.5, 0.6) is 0 Å². The Morgan fingerprint density at radius 1 is 0.806 bits per heavy atom. The fraction of sp³-hybridized carbons (Fsp3) is 0.310. The summed E-state index contributed by atoms with van der Waals surface area (Å²) in [5, 5.41) is 2.92. The lowest BCUT2D eigenvalue weighted by atomic mass is 9.83. The van der Waals surface area contributed by atoms with Gasteiger partial charge in [-0.05, 0) is 97.9 Å². The molecular weight excluding hydrogens is 463 g/mol. The lowest BCUT2D eigenvalue weighted by molar-refractivity contribution is -0.122. The van der Waals surface area contributed by atoms with E-state index in [9.17, 15) is 18.0 Å². The first-order valence-electron chi connectivity index (χ1n) is 12.3. The van der Waals surface area contributed by atoms with E-state index in [-0.39, 0.29) is 11.7 Å². The number of carbonyl (C=O) groups is 1. The van der Waals surface area contributed by atoms with Gasteiger partial charge in [0.05, 0.1) is 0 Å². The molecule has 0 aromatic heterocycles. The zero-order chi connectivity index (χ0) is 25.1. The van der Waals surface area contributed by atoms with Gasteiger partial charge in [0.2, 0.25) is 0 Å². The molecule has 3 aromatic carbocycles. The normalized spacial score (nSPS) is 18.2. The summed E-state index contributed by atoms with van der Waals surface area (Å²) in [6.07, 6.45) is 3.47. The quantitative estimate of drug-likeness (QED) is 0.472. The van der Waals surface area contributed by atoms with E-state index in [1.54, 1.807) is 24.3 Å².